The monoisotopic (exact) mass is 421 g/mol. The second-order valence-corrected chi connectivity index (χ2v) is 7.60. The Hall–Kier alpha value is -4.25. The van der Waals surface area contributed by atoms with Gasteiger partial charge >= 0.3 is 5.97 Å². The summed E-state index contributed by atoms with van der Waals surface area (Å²) in [6.45, 7) is -0.445. The Morgan fingerprint density at radius 3 is 2.00 bits per heavy atom. The number of benzene rings is 4. The molecule has 156 valence electrons. The summed E-state index contributed by atoms with van der Waals surface area (Å²) >= 11 is 0. The zero-order valence-corrected chi connectivity index (χ0v) is 17.2. The molecule has 0 saturated heterocycles. The molecule has 5 rings (SSSR count). The number of para-hydroxylation sites is 2. The Kier molecular flexibility index (Phi) is 5.00. The van der Waals surface area contributed by atoms with Crippen molar-refractivity contribution in [2.24, 2.45) is 0 Å². The van der Waals surface area contributed by atoms with Crippen LogP contribution in [0.15, 0.2) is 95.8 Å². The van der Waals surface area contributed by atoms with Gasteiger partial charge in [0.1, 0.15) is 6.54 Å². The van der Waals surface area contributed by atoms with Crippen molar-refractivity contribution in [1.82, 2.24) is 4.57 Å². The molecule has 1 heterocycles. The number of nitrogens with zero attached hydrogens (tertiary/aromatic N) is 1. The number of rotatable bonds is 5. The minimum atomic E-state index is -0.543. The third-order valence-corrected chi connectivity index (χ3v) is 5.60. The molecule has 0 aliphatic rings. The van der Waals surface area contributed by atoms with E-state index in [1.54, 1.807) is 53.1 Å². The van der Waals surface area contributed by atoms with Gasteiger partial charge in [0.15, 0.2) is 17.8 Å². The zero-order valence-electron chi connectivity index (χ0n) is 17.2. The van der Waals surface area contributed by atoms with Crippen LogP contribution >= 0.6 is 0 Å². The van der Waals surface area contributed by atoms with Crippen molar-refractivity contribution in [3.05, 3.63) is 107 Å². The quantitative estimate of drug-likeness (QED) is 0.234. The number of pyridine rings is 1. The molecule has 0 atom stereocenters. The minimum absolute atomic E-state index is 0.0766. The highest BCUT2D eigenvalue weighted by atomic mass is 16.5. The van der Waals surface area contributed by atoms with E-state index < -0.39 is 5.97 Å². The van der Waals surface area contributed by atoms with Gasteiger partial charge in [0, 0.05) is 16.3 Å². The van der Waals surface area contributed by atoms with Crippen LogP contribution in [0.1, 0.15) is 10.4 Å². The Morgan fingerprint density at radius 1 is 0.719 bits per heavy atom. The normalized spacial score (nSPS) is 11.1. The Morgan fingerprint density at radius 2 is 1.31 bits per heavy atom. The van der Waals surface area contributed by atoms with E-state index in [0.717, 1.165) is 10.8 Å². The second-order valence-electron chi connectivity index (χ2n) is 7.60. The van der Waals surface area contributed by atoms with E-state index in [-0.39, 0.29) is 24.4 Å². The summed E-state index contributed by atoms with van der Waals surface area (Å²) in [6, 6.07) is 27.5. The van der Waals surface area contributed by atoms with Gasteiger partial charge < -0.3 is 9.30 Å². The van der Waals surface area contributed by atoms with Gasteiger partial charge in [-0.3, -0.25) is 14.4 Å². The summed E-state index contributed by atoms with van der Waals surface area (Å²) in [5.41, 5.74) is 1.71. The number of carbonyl (C=O) groups excluding carboxylic acids is 2. The predicted octanol–water partition coefficient (Wildman–Crippen LogP) is 4.73. The summed E-state index contributed by atoms with van der Waals surface area (Å²) in [6.07, 6.45) is 0. The van der Waals surface area contributed by atoms with Crippen molar-refractivity contribution in [2.45, 2.75) is 6.54 Å². The molecule has 5 aromatic rings. The molecule has 0 saturated carbocycles. The van der Waals surface area contributed by atoms with Crippen molar-refractivity contribution in [2.75, 3.05) is 6.61 Å². The molecule has 5 nitrogen and oxygen atoms in total. The highest BCUT2D eigenvalue weighted by Gasteiger charge is 2.15. The van der Waals surface area contributed by atoms with E-state index in [9.17, 15) is 14.4 Å². The lowest BCUT2D eigenvalue weighted by atomic mass is 10.0. The Labute approximate surface area is 183 Å². The van der Waals surface area contributed by atoms with Crippen LogP contribution in [0.5, 0.6) is 0 Å². The number of carbonyl (C=O) groups is 2. The molecule has 0 radical (unpaired) electrons. The van der Waals surface area contributed by atoms with E-state index in [1.807, 2.05) is 42.5 Å². The fourth-order valence-electron chi connectivity index (χ4n) is 4.01. The lowest BCUT2D eigenvalue weighted by Gasteiger charge is -2.14. The first-order valence-corrected chi connectivity index (χ1v) is 10.3. The molecule has 0 fully saturated rings. The van der Waals surface area contributed by atoms with Gasteiger partial charge in [-0.1, -0.05) is 60.7 Å². The van der Waals surface area contributed by atoms with Crippen molar-refractivity contribution in [3.8, 4) is 0 Å². The maximum Gasteiger partial charge on any atom is 0.326 e. The molecule has 0 spiro atoms. The number of ketones is 1. The Bertz CT molecular complexity index is 1510. The molecule has 32 heavy (non-hydrogen) atoms. The maximum atomic E-state index is 12.8. The first kappa shape index (κ1) is 19.7. The van der Waals surface area contributed by atoms with Gasteiger partial charge in [0.25, 0.3) is 0 Å². The second kappa shape index (κ2) is 8.12. The average Bonchev–Trinajstić information content (AvgIpc) is 2.84. The summed E-state index contributed by atoms with van der Waals surface area (Å²) in [7, 11) is 0. The molecule has 0 amide bonds. The van der Waals surface area contributed by atoms with E-state index in [2.05, 4.69) is 0 Å². The third-order valence-electron chi connectivity index (χ3n) is 5.60. The predicted molar refractivity (Wildman–Crippen MR) is 125 cm³/mol. The summed E-state index contributed by atoms with van der Waals surface area (Å²) in [5.74, 6) is -0.809. The van der Waals surface area contributed by atoms with Crippen LogP contribution in [0.25, 0.3) is 32.6 Å². The lowest BCUT2D eigenvalue weighted by molar-refractivity contribution is -0.143. The highest BCUT2D eigenvalue weighted by Crippen LogP contribution is 2.19. The molecule has 0 aliphatic heterocycles. The maximum absolute atomic E-state index is 12.8. The van der Waals surface area contributed by atoms with E-state index in [0.29, 0.717) is 27.4 Å². The van der Waals surface area contributed by atoms with Crippen LogP contribution in [0.3, 0.4) is 0 Å². The van der Waals surface area contributed by atoms with Crippen molar-refractivity contribution in [1.29, 1.82) is 0 Å². The standard InChI is InChI=1S/C27H19NO4/c29-25(20-14-13-18-7-1-2-8-19(18)15-20)17-32-26(30)16-28-23-11-5-3-9-21(23)27(31)22-10-4-6-12-24(22)28/h1-15H,16-17H2. The van der Waals surface area contributed by atoms with Gasteiger partial charge in [0.05, 0.1) is 11.0 Å². The van der Waals surface area contributed by atoms with Gasteiger partial charge in [0.2, 0.25) is 0 Å². The number of fused-ring (bicyclic) bond motifs is 3. The van der Waals surface area contributed by atoms with Crippen molar-refractivity contribution < 1.29 is 14.3 Å². The third kappa shape index (κ3) is 3.54. The van der Waals surface area contributed by atoms with Crippen LogP contribution in [0.4, 0.5) is 0 Å². The number of ether oxygens (including phenoxy) is 1. The van der Waals surface area contributed by atoms with Crippen LogP contribution in [0, 0.1) is 0 Å². The summed E-state index contributed by atoms with van der Waals surface area (Å²) in [4.78, 5) is 38.1. The fourth-order valence-corrected chi connectivity index (χ4v) is 4.01. The topological polar surface area (TPSA) is 65.4 Å². The Balaban J connectivity index is 1.39. The zero-order chi connectivity index (χ0) is 22.1. The molecule has 0 N–H and O–H groups in total. The number of hydrogen-bond donors (Lipinski definition) is 0. The van der Waals surface area contributed by atoms with Gasteiger partial charge in [-0.2, -0.15) is 0 Å². The van der Waals surface area contributed by atoms with E-state index in [1.165, 1.54) is 0 Å². The molecule has 1 aromatic heterocycles. The summed E-state index contributed by atoms with van der Waals surface area (Å²) < 4.78 is 7.07. The van der Waals surface area contributed by atoms with Crippen molar-refractivity contribution >= 4 is 44.3 Å². The molecule has 0 bridgehead atoms. The van der Waals surface area contributed by atoms with Crippen LogP contribution in [-0.4, -0.2) is 22.9 Å². The molecule has 5 heteroatoms. The van der Waals surface area contributed by atoms with Crippen molar-refractivity contribution in [3.63, 3.8) is 0 Å². The van der Waals surface area contributed by atoms with Crippen LogP contribution in [0.2, 0.25) is 0 Å². The molecule has 0 unspecified atom stereocenters. The summed E-state index contributed by atoms with van der Waals surface area (Å²) in [5, 5.41) is 3.06. The number of aromatic nitrogens is 1. The molecule has 4 aromatic carbocycles. The molecular formula is C27H19NO4. The first-order valence-electron chi connectivity index (χ1n) is 10.3. The first-order chi connectivity index (χ1) is 15.6. The van der Waals surface area contributed by atoms with E-state index >= 15 is 0 Å². The molecular weight excluding hydrogens is 402 g/mol. The SMILES string of the molecule is O=C(Cn1c2ccccc2c(=O)c2ccccc21)OCC(=O)c1ccc2ccccc2c1. The number of hydrogen-bond acceptors (Lipinski definition) is 4. The average molecular weight is 421 g/mol. The van der Waals surface area contributed by atoms with Gasteiger partial charge in [-0.25, -0.2) is 0 Å². The number of esters is 1. The lowest BCUT2D eigenvalue weighted by Crippen LogP contribution is -2.20. The minimum Gasteiger partial charge on any atom is -0.456 e. The highest BCUT2D eigenvalue weighted by molar-refractivity contribution is 6.01. The number of Topliss-reactive ketones (excluding diaryl/α,β-unsaturated/α-hetero) is 1. The van der Waals surface area contributed by atoms with Crippen LogP contribution in [-0.2, 0) is 16.1 Å². The smallest absolute Gasteiger partial charge is 0.326 e. The van der Waals surface area contributed by atoms with Gasteiger partial charge in [-0.15, -0.1) is 0 Å². The molecule has 0 aliphatic carbocycles. The van der Waals surface area contributed by atoms with E-state index in [4.69, 9.17) is 4.74 Å². The largest absolute Gasteiger partial charge is 0.456 e. The van der Waals surface area contributed by atoms with Gasteiger partial charge in [-0.05, 0) is 41.1 Å². The fraction of sp³-hybridized carbons (Fsp3) is 0.0741. The van der Waals surface area contributed by atoms with Crippen LogP contribution < -0.4 is 5.43 Å².